The first-order valence-electron chi connectivity index (χ1n) is 6.26. The maximum Gasteiger partial charge on any atom is 0.251 e. The summed E-state index contributed by atoms with van der Waals surface area (Å²) >= 11 is 5.84. The van der Waals surface area contributed by atoms with Crippen molar-refractivity contribution >= 4 is 11.6 Å². The van der Waals surface area contributed by atoms with Crippen molar-refractivity contribution in [1.82, 2.24) is 15.3 Å². The first kappa shape index (κ1) is 13.8. The lowest BCUT2D eigenvalue weighted by Gasteiger charge is -2.05. The average molecular weight is 278 g/mol. The molecule has 0 atom stereocenters. The second kappa shape index (κ2) is 6.50. The van der Waals surface area contributed by atoms with Crippen LogP contribution in [0.1, 0.15) is 19.0 Å². The third-order valence-electron chi connectivity index (χ3n) is 2.65. The van der Waals surface area contributed by atoms with E-state index in [1.54, 1.807) is 12.1 Å². The lowest BCUT2D eigenvalue weighted by Crippen LogP contribution is -2.18. The Morgan fingerprint density at radius 3 is 2.74 bits per heavy atom. The molecule has 0 amide bonds. The number of hydrogen-bond acceptors (Lipinski definition) is 3. The van der Waals surface area contributed by atoms with Gasteiger partial charge in [0.1, 0.15) is 5.82 Å². The molecule has 1 aromatic carbocycles. The molecular weight excluding hydrogens is 262 g/mol. The van der Waals surface area contributed by atoms with Gasteiger partial charge < -0.3 is 10.3 Å². The highest BCUT2D eigenvalue weighted by Crippen LogP contribution is 2.17. The van der Waals surface area contributed by atoms with Gasteiger partial charge in [-0.2, -0.15) is 0 Å². The van der Waals surface area contributed by atoms with Crippen LogP contribution >= 0.6 is 11.6 Å². The number of H-pyrrole nitrogens is 1. The molecule has 4 nitrogen and oxygen atoms in total. The van der Waals surface area contributed by atoms with Crippen molar-refractivity contribution in [2.75, 3.05) is 6.54 Å². The normalized spacial score (nSPS) is 10.6. The molecule has 2 rings (SSSR count). The van der Waals surface area contributed by atoms with Gasteiger partial charge in [-0.25, -0.2) is 4.98 Å². The van der Waals surface area contributed by atoms with Gasteiger partial charge in [-0.3, -0.25) is 4.79 Å². The summed E-state index contributed by atoms with van der Waals surface area (Å²) in [5.41, 5.74) is 1.44. The Labute approximate surface area is 116 Å². The van der Waals surface area contributed by atoms with Gasteiger partial charge in [0.25, 0.3) is 5.56 Å². The fraction of sp³-hybridized carbons (Fsp3) is 0.286. The molecule has 0 saturated carbocycles. The molecule has 19 heavy (non-hydrogen) atoms. The van der Waals surface area contributed by atoms with Gasteiger partial charge in [-0.1, -0.05) is 18.5 Å². The summed E-state index contributed by atoms with van der Waals surface area (Å²) < 4.78 is 0. The minimum absolute atomic E-state index is 0.145. The molecule has 0 saturated heterocycles. The van der Waals surface area contributed by atoms with E-state index in [0.29, 0.717) is 17.4 Å². The van der Waals surface area contributed by atoms with E-state index in [-0.39, 0.29) is 5.56 Å². The van der Waals surface area contributed by atoms with Crippen LogP contribution in [0.2, 0.25) is 5.02 Å². The number of nitrogens with one attached hydrogen (secondary N) is 2. The predicted octanol–water partition coefficient (Wildman–Crippen LogP) is 2.59. The minimum atomic E-state index is -0.145. The standard InChI is InChI=1S/C14H16ClN3O/c1-2-7-16-9-12-8-13(19)18-14(17-12)10-3-5-11(15)6-4-10/h3-6,8,16H,2,7,9H2,1H3,(H,17,18,19). The van der Waals surface area contributed by atoms with Crippen molar-refractivity contribution in [2.24, 2.45) is 0 Å². The molecule has 1 aromatic heterocycles. The highest BCUT2D eigenvalue weighted by atomic mass is 35.5. The zero-order valence-electron chi connectivity index (χ0n) is 10.7. The molecule has 0 aliphatic rings. The van der Waals surface area contributed by atoms with Crippen molar-refractivity contribution < 1.29 is 0 Å². The summed E-state index contributed by atoms with van der Waals surface area (Å²) in [5, 5.41) is 3.89. The van der Waals surface area contributed by atoms with Crippen molar-refractivity contribution in [3.05, 3.63) is 51.4 Å². The summed E-state index contributed by atoms with van der Waals surface area (Å²) in [4.78, 5) is 18.8. The van der Waals surface area contributed by atoms with Crippen LogP contribution in [0, 0.1) is 0 Å². The van der Waals surface area contributed by atoms with Crippen molar-refractivity contribution in [3.63, 3.8) is 0 Å². The summed E-state index contributed by atoms with van der Waals surface area (Å²) in [6.07, 6.45) is 1.05. The zero-order chi connectivity index (χ0) is 13.7. The molecule has 1 heterocycles. The van der Waals surface area contributed by atoms with E-state index in [1.807, 2.05) is 12.1 Å². The number of halogens is 1. The van der Waals surface area contributed by atoms with Gasteiger partial charge in [0.2, 0.25) is 0 Å². The number of benzene rings is 1. The monoisotopic (exact) mass is 277 g/mol. The molecule has 0 unspecified atom stereocenters. The number of aromatic nitrogens is 2. The van der Waals surface area contributed by atoms with Gasteiger partial charge in [-0.15, -0.1) is 0 Å². The molecule has 100 valence electrons. The van der Waals surface area contributed by atoms with Crippen LogP contribution in [0.5, 0.6) is 0 Å². The van der Waals surface area contributed by atoms with Gasteiger partial charge >= 0.3 is 0 Å². The first-order valence-corrected chi connectivity index (χ1v) is 6.63. The summed E-state index contributed by atoms with van der Waals surface area (Å²) in [7, 11) is 0. The average Bonchev–Trinajstić information content (AvgIpc) is 2.39. The van der Waals surface area contributed by atoms with Crippen LogP contribution in [0.15, 0.2) is 35.1 Å². The fourth-order valence-electron chi connectivity index (χ4n) is 1.74. The van der Waals surface area contributed by atoms with Crippen LogP contribution in [0.3, 0.4) is 0 Å². The van der Waals surface area contributed by atoms with E-state index >= 15 is 0 Å². The number of rotatable bonds is 5. The molecule has 0 aliphatic heterocycles. The predicted molar refractivity (Wildman–Crippen MR) is 77.3 cm³/mol. The second-order valence-electron chi connectivity index (χ2n) is 4.27. The van der Waals surface area contributed by atoms with Crippen molar-refractivity contribution in [2.45, 2.75) is 19.9 Å². The minimum Gasteiger partial charge on any atom is -0.311 e. The quantitative estimate of drug-likeness (QED) is 0.826. The van der Waals surface area contributed by atoms with E-state index in [9.17, 15) is 4.79 Å². The third kappa shape index (κ3) is 3.91. The molecule has 0 fully saturated rings. The number of hydrogen-bond donors (Lipinski definition) is 2. The zero-order valence-corrected chi connectivity index (χ0v) is 11.5. The first-order chi connectivity index (χ1) is 9.19. The highest BCUT2D eigenvalue weighted by Gasteiger charge is 2.04. The topological polar surface area (TPSA) is 57.8 Å². The van der Waals surface area contributed by atoms with E-state index < -0.39 is 0 Å². The Kier molecular flexibility index (Phi) is 4.71. The van der Waals surface area contributed by atoms with E-state index in [2.05, 4.69) is 22.2 Å². The Morgan fingerprint density at radius 2 is 2.05 bits per heavy atom. The molecule has 0 aliphatic carbocycles. The van der Waals surface area contributed by atoms with Crippen LogP contribution in [0.4, 0.5) is 0 Å². The number of aromatic amines is 1. The maximum atomic E-state index is 11.6. The van der Waals surface area contributed by atoms with Gasteiger partial charge in [-0.05, 0) is 37.2 Å². The maximum absolute atomic E-state index is 11.6. The van der Waals surface area contributed by atoms with E-state index in [4.69, 9.17) is 11.6 Å². The van der Waals surface area contributed by atoms with Gasteiger partial charge in [0.15, 0.2) is 0 Å². The summed E-state index contributed by atoms with van der Waals surface area (Å²) in [6.45, 7) is 3.60. The fourth-order valence-corrected chi connectivity index (χ4v) is 1.86. The second-order valence-corrected chi connectivity index (χ2v) is 4.71. The largest absolute Gasteiger partial charge is 0.311 e. The number of nitrogens with zero attached hydrogens (tertiary/aromatic N) is 1. The Bertz CT molecular complexity index is 592. The molecular formula is C14H16ClN3O. The molecule has 2 aromatic rings. The van der Waals surface area contributed by atoms with Crippen LogP contribution in [-0.4, -0.2) is 16.5 Å². The lowest BCUT2D eigenvalue weighted by atomic mass is 10.2. The molecule has 5 heteroatoms. The smallest absolute Gasteiger partial charge is 0.251 e. The Hall–Kier alpha value is -1.65. The third-order valence-corrected chi connectivity index (χ3v) is 2.90. The molecule has 0 spiro atoms. The molecule has 2 N–H and O–H groups in total. The summed E-state index contributed by atoms with van der Waals surface area (Å²) in [5.74, 6) is 0.567. The highest BCUT2D eigenvalue weighted by molar-refractivity contribution is 6.30. The Balaban J connectivity index is 2.25. The SMILES string of the molecule is CCCNCc1cc(=O)[nH]c(-c2ccc(Cl)cc2)n1. The van der Waals surface area contributed by atoms with Crippen molar-refractivity contribution in [3.8, 4) is 11.4 Å². The van der Waals surface area contributed by atoms with Crippen LogP contribution in [0.25, 0.3) is 11.4 Å². The van der Waals surface area contributed by atoms with E-state index in [1.165, 1.54) is 6.07 Å². The van der Waals surface area contributed by atoms with Gasteiger partial charge in [0.05, 0.1) is 5.69 Å². The van der Waals surface area contributed by atoms with Crippen LogP contribution < -0.4 is 10.9 Å². The Morgan fingerprint density at radius 1 is 1.32 bits per heavy atom. The van der Waals surface area contributed by atoms with Crippen LogP contribution in [-0.2, 0) is 6.54 Å². The van der Waals surface area contributed by atoms with E-state index in [0.717, 1.165) is 24.2 Å². The van der Waals surface area contributed by atoms with Crippen molar-refractivity contribution in [1.29, 1.82) is 0 Å². The molecule has 0 bridgehead atoms. The summed E-state index contributed by atoms with van der Waals surface area (Å²) in [6, 6.07) is 8.74. The van der Waals surface area contributed by atoms with Gasteiger partial charge in [0, 0.05) is 23.2 Å². The molecule has 0 radical (unpaired) electrons. The lowest BCUT2D eigenvalue weighted by molar-refractivity contribution is 0.662.